The van der Waals surface area contributed by atoms with Crippen LogP contribution < -0.4 is 0 Å². The Hall–Kier alpha value is -7.53. The number of pyridine rings is 1. The molecule has 3 nitrogen and oxygen atoms in total. The fraction of sp³-hybridized carbons (Fsp3) is 0. The summed E-state index contributed by atoms with van der Waals surface area (Å²) in [5.41, 5.74) is 11.6. The number of rotatable bonds is 5. The normalized spacial score (nSPS) is 11.7. The molecule has 0 saturated carbocycles. The predicted octanol–water partition coefficient (Wildman–Crippen LogP) is 15.2. The first-order chi connectivity index (χ1) is 29.2. The van der Waals surface area contributed by atoms with Crippen LogP contribution in [0.15, 0.2) is 200 Å². The first-order valence-corrected chi connectivity index (χ1v) is 20.8. The molecule has 12 rings (SSSR count). The summed E-state index contributed by atoms with van der Waals surface area (Å²) in [6.45, 7) is 0. The number of hydrogen-bond donors (Lipinski definition) is 0. The van der Waals surface area contributed by atoms with Gasteiger partial charge in [-0.05, 0) is 45.7 Å². The average Bonchev–Trinajstić information content (AvgIpc) is 3.70. The van der Waals surface area contributed by atoms with E-state index in [0.29, 0.717) is 0 Å². The third kappa shape index (κ3) is 5.53. The molecule has 0 aliphatic rings. The number of fused-ring (bicyclic) bond motifs is 9. The number of hydrogen-bond acceptors (Lipinski definition) is 4. The van der Waals surface area contributed by atoms with Gasteiger partial charge >= 0.3 is 0 Å². The van der Waals surface area contributed by atoms with Crippen LogP contribution in [0.1, 0.15) is 0 Å². The molecule has 0 bridgehead atoms. The van der Waals surface area contributed by atoms with Crippen molar-refractivity contribution in [1.29, 1.82) is 0 Å². The Bertz CT molecular complexity index is 3590. The highest BCUT2D eigenvalue weighted by molar-refractivity contribution is 7.25. The minimum atomic E-state index is 0.718. The molecule has 0 aliphatic carbocycles. The van der Waals surface area contributed by atoms with Crippen molar-refractivity contribution in [2.24, 2.45) is 0 Å². The second-order valence-electron chi connectivity index (χ2n) is 15.1. The van der Waals surface area contributed by atoms with E-state index in [9.17, 15) is 0 Å². The summed E-state index contributed by atoms with van der Waals surface area (Å²) in [5.74, 6) is 0.718. The maximum atomic E-state index is 5.59. The Morgan fingerprint density at radius 2 is 0.898 bits per heavy atom. The lowest BCUT2D eigenvalue weighted by atomic mass is 9.92. The lowest BCUT2D eigenvalue weighted by Crippen LogP contribution is -1.96. The fourth-order valence-corrected chi connectivity index (χ4v) is 10.0. The van der Waals surface area contributed by atoms with Gasteiger partial charge in [0.1, 0.15) is 0 Å². The van der Waals surface area contributed by atoms with Gasteiger partial charge in [-0.25, -0.2) is 15.0 Å². The van der Waals surface area contributed by atoms with Crippen molar-refractivity contribution in [1.82, 2.24) is 15.0 Å². The molecule has 3 aromatic heterocycles. The van der Waals surface area contributed by atoms with E-state index in [0.717, 1.165) is 72.2 Å². The number of aromatic nitrogens is 3. The molecule has 0 amide bonds. The van der Waals surface area contributed by atoms with E-state index < -0.39 is 0 Å². The molecule has 0 saturated heterocycles. The summed E-state index contributed by atoms with van der Waals surface area (Å²) in [6, 6.07) is 71.4. The van der Waals surface area contributed by atoms with Crippen molar-refractivity contribution in [3.63, 3.8) is 0 Å². The molecule has 9 aromatic carbocycles. The van der Waals surface area contributed by atoms with Crippen LogP contribution >= 0.6 is 11.3 Å². The van der Waals surface area contributed by atoms with Gasteiger partial charge in [-0.15, -0.1) is 11.3 Å². The molecular formula is C55H33N3S. The molecule has 12 aromatic rings. The van der Waals surface area contributed by atoms with Gasteiger partial charge in [0.25, 0.3) is 0 Å². The monoisotopic (exact) mass is 767 g/mol. The van der Waals surface area contributed by atoms with Crippen molar-refractivity contribution < 1.29 is 0 Å². The van der Waals surface area contributed by atoms with Gasteiger partial charge in [-0.1, -0.05) is 182 Å². The summed E-state index contributed by atoms with van der Waals surface area (Å²) in [5, 5.41) is 9.59. The third-order valence-corrected chi connectivity index (χ3v) is 12.8. The summed E-state index contributed by atoms with van der Waals surface area (Å²) >= 11 is 1.86. The maximum Gasteiger partial charge on any atom is 0.160 e. The van der Waals surface area contributed by atoms with Crippen LogP contribution in [0.3, 0.4) is 0 Å². The molecule has 59 heavy (non-hydrogen) atoms. The molecule has 274 valence electrons. The summed E-state index contributed by atoms with van der Waals surface area (Å²) in [4.78, 5) is 15.7. The standard InChI is InChI=1S/C55H33N3S/c1-2-13-39(14-3-1)55-56-47-21-8-6-16-43(47)52(58-55)37-28-30-38(31-29-37)53-46-33-32-34-12-4-5-15-40(34)50(46)45-20-10-19-42(54(45)57-53)36-26-24-35(25-27-36)41-18-11-23-49-51(41)44-17-7-9-22-48(44)59-49/h1-33H. The van der Waals surface area contributed by atoms with Gasteiger partial charge in [-0.3, -0.25) is 0 Å². The van der Waals surface area contributed by atoms with Crippen molar-refractivity contribution in [3.8, 4) is 56.2 Å². The van der Waals surface area contributed by atoms with Crippen molar-refractivity contribution in [2.75, 3.05) is 0 Å². The predicted molar refractivity (Wildman–Crippen MR) is 250 cm³/mol. The summed E-state index contributed by atoms with van der Waals surface area (Å²) < 4.78 is 2.63. The molecule has 0 spiro atoms. The minimum Gasteiger partial charge on any atom is -0.246 e. The van der Waals surface area contributed by atoms with Crippen LogP contribution in [0.5, 0.6) is 0 Å². The van der Waals surface area contributed by atoms with Gasteiger partial charge in [-0.2, -0.15) is 0 Å². The highest BCUT2D eigenvalue weighted by Gasteiger charge is 2.18. The Labute approximate surface area is 344 Å². The highest BCUT2D eigenvalue weighted by atomic mass is 32.1. The van der Waals surface area contributed by atoms with Gasteiger partial charge in [0.05, 0.1) is 22.4 Å². The zero-order valence-corrected chi connectivity index (χ0v) is 32.6. The van der Waals surface area contributed by atoms with Crippen molar-refractivity contribution in [2.45, 2.75) is 0 Å². The molecule has 0 fully saturated rings. The van der Waals surface area contributed by atoms with Crippen molar-refractivity contribution in [3.05, 3.63) is 200 Å². The third-order valence-electron chi connectivity index (χ3n) is 11.7. The molecule has 0 unspecified atom stereocenters. The van der Waals surface area contributed by atoms with Gasteiger partial charge in [0, 0.05) is 64.0 Å². The van der Waals surface area contributed by atoms with Crippen LogP contribution in [-0.4, -0.2) is 15.0 Å². The lowest BCUT2D eigenvalue weighted by Gasteiger charge is -2.16. The second kappa shape index (κ2) is 13.6. The Morgan fingerprint density at radius 3 is 1.71 bits per heavy atom. The summed E-state index contributed by atoms with van der Waals surface area (Å²) in [6.07, 6.45) is 0. The van der Waals surface area contributed by atoms with Crippen LogP contribution in [0.4, 0.5) is 0 Å². The average molecular weight is 768 g/mol. The Morgan fingerprint density at radius 1 is 0.305 bits per heavy atom. The molecule has 0 N–H and O–H groups in total. The van der Waals surface area contributed by atoms with Crippen LogP contribution in [-0.2, 0) is 0 Å². The summed E-state index contributed by atoms with van der Waals surface area (Å²) in [7, 11) is 0. The van der Waals surface area contributed by atoms with E-state index >= 15 is 0 Å². The van der Waals surface area contributed by atoms with E-state index in [1.54, 1.807) is 0 Å². The lowest BCUT2D eigenvalue weighted by molar-refractivity contribution is 1.23. The SMILES string of the molecule is c1ccc(-c2nc(-c3ccc(-c4nc5c(-c6ccc(-c7cccc8sc9ccccc9c78)cc6)cccc5c5c4ccc4ccccc45)cc3)c3ccccc3n2)cc1. The fourth-order valence-electron chi connectivity index (χ4n) is 8.89. The van der Waals surface area contributed by atoms with E-state index in [2.05, 4.69) is 176 Å². The zero-order chi connectivity index (χ0) is 38.9. The number of benzene rings is 9. The molecule has 4 heteroatoms. The molecular weight excluding hydrogens is 735 g/mol. The number of nitrogens with zero attached hydrogens (tertiary/aromatic N) is 3. The molecule has 0 atom stereocenters. The van der Waals surface area contributed by atoms with Crippen molar-refractivity contribution >= 4 is 74.9 Å². The molecule has 0 aliphatic heterocycles. The van der Waals surface area contributed by atoms with Crippen LogP contribution in [0, 0.1) is 0 Å². The van der Waals surface area contributed by atoms with E-state index in [4.69, 9.17) is 15.0 Å². The molecule has 3 heterocycles. The first kappa shape index (κ1) is 33.6. The topological polar surface area (TPSA) is 38.7 Å². The number of thiophene rings is 1. The number of para-hydroxylation sites is 2. The minimum absolute atomic E-state index is 0.718. The van der Waals surface area contributed by atoms with E-state index in [-0.39, 0.29) is 0 Å². The van der Waals surface area contributed by atoms with Gasteiger partial charge in [0.2, 0.25) is 0 Å². The quantitative estimate of drug-likeness (QED) is 0.164. The van der Waals surface area contributed by atoms with E-state index in [1.165, 1.54) is 47.5 Å². The Balaban J connectivity index is 1.02. The van der Waals surface area contributed by atoms with Gasteiger partial charge < -0.3 is 0 Å². The maximum absolute atomic E-state index is 5.59. The first-order valence-electron chi connectivity index (χ1n) is 19.9. The van der Waals surface area contributed by atoms with Gasteiger partial charge in [0.15, 0.2) is 5.82 Å². The molecule has 0 radical (unpaired) electrons. The van der Waals surface area contributed by atoms with E-state index in [1.807, 2.05) is 35.6 Å². The Kier molecular flexibility index (Phi) is 7.72. The van der Waals surface area contributed by atoms with Crippen LogP contribution in [0.2, 0.25) is 0 Å². The highest BCUT2D eigenvalue weighted by Crippen LogP contribution is 2.43. The van der Waals surface area contributed by atoms with Crippen LogP contribution in [0.25, 0.3) is 120 Å². The second-order valence-corrected chi connectivity index (χ2v) is 16.2. The smallest absolute Gasteiger partial charge is 0.160 e. The largest absolute Gasteiger partial charge is 0.246 e. The zero-order valence-electron chi connectivity index (χ0n) is 31.8.